The first kappa shape index (κ1) is 15.8. The van der Waals surface area contributed by atoms with Gasteiger partial charge in [0.05, 0.1) is 19.2 Å². The molecule has 1 heterocycles. The molecule has 21 heavy (non-hydrogen) atoms. The number of aromatic nitrogens is 1. The van der Waals surface area contributed by atoms with Gasteiger partial charge in [-0.2, -0.15) is 0 Å². The lowest BCUT2D eigenvalue weighted by atomic mass is 10.0. The maximum Gasteiger partial charge on any atom is 0.179 e. The van der Waals surface area contributed by atoms with Crippen LogP contribution in [0.4, 0.5) is 0 Å². The van der Waals surface area contributed by atoms with E-state index in [0.717, 1.165) is 10.0 Å². The fourth-order valence-electron chi connectivity index (χ4n) is 1.92. The fourth-order valence-corrected chi connectivity index (χ4v) is 2.62. The molecule has 0 unspecified atom stereocenters. The van der Waals surface area contributed by atoms with Crippen LogP contribution in [0.3, 0.4) is 0 Å². The Morgan fingerprint density at radius 1 is 1.24 bits per heavy atom. The van der Waals surface area contributed by atoms with E-state index in [-0.39, 0.29) is 12.2 Å². The molecule has 0 saturated heterocycles. The fraction of sp³-hybridized carbons (Fsp3) is 0.200. The topological polar surface area (TPSA) is 48.4 Å². The van der Waals surface area contributed by atoms with E-state index in [1.807, 2.05) is 6.07 Å². The summed E-state index contributed by atoms with van der Waals surface area (Å²) < 4.78 is 11.2. The van der Waals surface area contributed by atoms with E-state index < -0.39 is 0 Å². The van der Waals surface area contributed by atoms with Gasteiger partial charge >= 0.3 is 0 Å². The number of nitrogens with zero attached hydrogens (tertiary/aromatic N) is 1. The Kier molecular flexibility index (Phi) is 5.20. The normalized spacial score (nSPS) is 10.3. The van der Waals surface area contributed by atoms with E-state index in [1.165, 1.54) is 14.2 Å². The average Bonchev–Trinajstić information content (AvgIpc) is 2.46. The highest BCUT2D eigenvalue weighted by Gasteiger charge is 2.15. The van der Waals surface area contributed by atoms with Gasteiger partial charge in [-0.25, -0.2) is 0 Å². The first-order valence-corrected chi connectivity index (χ1v) is 7.26. The maximum absolute atomic E-state index is 12.3. The van der Waals surface area contributed by atoms with Crippen LogP contribution in [0.25, 0.3) is 0 Å². The summed E-state index contributed by atoms with van der Waals surface area (Å²) in [4.78, 5) is 16.4. The lowest BCUT2D eigenvalue weighted by molar-refractivity contribution is 0.0992. The van der Waals surface area contributed by atoms with Crippen LogP contribution in [0.1, 0.15) is 15.9 Å². The number of carbonyl (C=O) groups is 1. The van der Waals surface area contributed by atoms with Crippen molar-refractivity contribution in [2.45, 2.75) is 6.42 Å². The van der Waals surface area contributed by atoms with Crippen molar-refractivity contribution in [1.82, 2.24) is 4.98 Å². The van der Waals surface area contributed by atoms with Crippen LogP contribution in [0.5, 0.6) is 11.5 Å². The molecule has 0 spiro atoms. The van der Waals surface area contributed by atoms with Crippen LogP contribution in [-0.2, 0) is 6.42 Å². The molecule has 4 nitrogen and oxygen atoms in total. The standard InChI is InChI=1S/C15H13BrClNO3/c1-20-14-6-10(5-12(17)15(14)21-2)13(19)4-9-3-11(16)8-18-7-9/h3,5-8H,4H2,1-2H3. The summed E-state index contributed by atoms with van der Waals surface area (Å²) in [5.74, 6) is 0.776. The summed E-state index contributed by atoms with van der Waals surface area (Å²) in [6, 6.07) is 5.06. The zero-order chi connectivity index (χ0) is 15.4. The summed E-state index contributed by atoms with van der Waals surface area (Å²) >= 11 is 9.44. The van der Waals surface area contributed by atoms with Crippen LogP contribution < -0.4 is 9.47 Å². The molecular weight excluding hydrogens is 358 g/mol. The van der Waals surface area contributed by atoms with Crippen molar-refractivity contribution >= 4 is 33.3 Å². The van der Waals surface area contributed by atoms with E-state index in [2.05, 4.69) is 20.9 Å². The van der Waals surface area contributed by atoms with E-state index in [9.17, 15) is 4.79 Å². The van der Waals surface area contributed by atoms with Crippen molar-refractivity contribution < 1.29 is 14.3 Å². The Morgan fingerprint density at radius 2 is 2.00 bits per heavy atom. The van der Waals surface area contributed by atoms with Gasteiger partial charge in [0, 0.05) is 28.9 Å². The monoisotopic (exact) mass is 369 g/mol. The average molecular weight is 371 g/mol. The number of ketones is 1. The predicted molar refractivity (Wildman–Crippen MR) is 84.5 cm³/mol. The molecule has 6 heteroatoms. The van der Waals surface area contributed by atoms with Crippen molar-refractivity contribution in [2.75, 3.05) is 14.2 Å². The Labute approximate surface area is 136 Å². The zero-order valence-corrected chi connectivity index (χ0v) is 13.9. The van der Waals surface area contributed by atoms with E-state index in [4.69, 9.17) is 21.1 Å². The number of methoxy groups -OCH3 is 2. The Hall–Kier alpha value is -1.59. The van der Waals surface area contributed by atoms with Crippen molar-refractivity contribution in [1.29, 1.82) is 0 Å². The van der Waals surface area contributed by atoms with Crippen LogP contribution in [-0.4, -0.2) is 25.0 Å². The lowest BCUT2D eigenvalue weighted by Gasteiger charge is -2.11. The molecule has 0 atom stereocenters. The minimum Gasteiger partial charge on any atom is -0.493 e. The molecule has 0 aliphatic carbocycles. The number of benzene rings is 1. The first-order valence-electron chi connectivity index (χ1n) is 6.09. The van der Waals surface area contributed by atoms with Crippen LogP contribution in [0.15, 0.2) is 35.1 Å². The molecule has 0 N–H and O–H groups in total. The molecular formula is C15H13BrClNO3. The number of rotatable bonds is 5. The summed E-state index contributed by atoms with van der Waals surface area (Å²) in [6.45, 7) is 0. The molecule has 1 aromatic carbocycles. The molecule has 0 fully saturated rings. The van der Waals surface area contributed by atoms with Crippen molar-refractivity contribution in [2.24, 2.45) is 0 Å². The van der Waals surface area contributed by atoms with Gasteiger partial charge in [0.1, 0.15) is 0 Å². The maximum atomic E-state index is 12.3. The van der Waals surface area contributed by atoms with E-state index >= 15 is 0 Å². The lowest BCUT2D eigenvalue weighted by Crippen LogP contribution is -2.05. The molecule has 2 aromatic rings. The summed E-state index contributed by atoms with van der Waals surface area (Å²) in [5.41, 5.74) is 1.29. The molecule has 2 rings (SSSR count). The van der Waals surface area contributed by atoms with Crippen LogP contribution in [0.2, 0.25) is 5.02 Å². The molecule has 0 saturated carbocycles. The summed E-state index contributed by atoms with van der Waals surface area (Å²) in [6.07, 6.45) is 3.56. The Morgan fingerprint density at radius 3 is 2.62 bits per heavy atom. The Balaban J connectivity index is 2.29. The molecule has 0 aliphatic heterocycles. The van der Waals surface area contributed by atoms with Crippen molar-refractivity contribution in [3.8, 4) is 11.5 Å². The van der Waals surface area contributed by atoms with Gasteiger partial charge in [-0.05, 0) is 39.7 Å². The largest absolute Gasteiger partial charge is 0.493 e. The zero-order valence-electron chi connectivity index (χ0n) is 11.5. The highest BCUT2D eigenvalue weighted by Crippen LogP contribution is 2.36. The first-order chi connectivity index (χ1) is 10.0. The second-order valence-electron chi connectivity index (χ2n) is 4.30. The van der Waals surface area contributed by atoms with Gasteiger partial charge in [-0.3, -0.25) is 9.78 Å². The number of pyridine rings is 1. The number of halogens is 2. The highest BCUT2D eigenvalue weighted by atomic mass is 79.9. The molecule has 1 aromatic heterocycles. The minimum atomic E-state index is -0.0715. The second-order valence-corrected chi connectivity index (χ2v) is 5.63. The van der Waals surface area contributed by atoms with Gasteiger partial charge < -0.3 is 9.47 Å². The Bertz CT molecular complexity index is 676. The number of hydrogen-bond donors (Lipinski definition) is 0. The second kappa shape index (κ2) is 6.91. The third-order valence-electron chi connectivity index (χ3n) is 2.88. The van der Waals surface area contributed by atoms with Gasteiger partial charge in [-0.1, -0.05) is 11.6 Å². The van der Waals surface area contributed by atoms with Gasteiger partial charge in [0.15, 0.2) is 17.3 Å². The third kappa shape index (κ3) is 3.74. The molecule has 0 amide bonds. The minimum absolute atomic E-state index is 0.0715. The molecule has 0 aliphatic rings. The molecule has 0 radical (unpaired) electrons. The van der Waals surface area contributed by atoms with Crippen LogP contribution >= 0.6 is 27.5 Å². The van der Waals surface area contributed by atoms with Gasteiger partial charge in [0.2, 0.25) is 0 Å². The predicted octanol–water partition coefficient (Wildman–Crippen LogP) is 3.94. The number of hydrogen-bond acceptors (Lipinski definition) is 4. The van der Waals surface area contributed by atoms with Crippen molar-refractivity contribution in [3.63, 3.8) is 0 Å². The number of carbonyl (C=O) groups excluding carboxylic acids is 1. The smallest absolute Gasteiger partial charge is 0.179 e. The number of Topliss-reactive ketones (excluding diaryl/α,β-unsaturated/α-hetero) is 1. The molecule has 110 valence electrons. The quantitative estimate of drug-likeness (QED) is 0.748. The van der Waals surface area contributed by atoms with Crippen LogP contribution in [0, 0.1) is 0 Å². The van der Waals surface area contributed by atoms with E-state index in [1.54, 1.807) is 24.5 Å². The molecule has 0 bridgehead atoms. The highest BCUT2D eigenvalue weighted by molar-refractivity contribution is 9.10. The third-order valence-corrected chi connectivity index (χ3v) is 3.60. The SMILES string of the molecule is COc1cc(C(=O)Cc2cncc(Br)c2)cc(Cl)c1OC. The van der Waals surface area contributed by atoms with Gasteiger partial charge in [0.25, 0.3) is 0 Å². The number of ether oxygens (including phenoxy) is 2. The van der Waals surface area contributed by atoms with E-state index in [0.29, 0.717) is 22.1 Å². The summed E-state index contributed by atoms with van der Waals surface area (Å²) in [5, 5.41) is 0.340. The van der Waals surface area contributed by atoms with Gasteiger partial charge in [-0.15, -0.1) is 0 Å². The van der Waals surface area contributed by atoms with Crippen molar-refractivity contribution in [3.05, 3.63) is 51.2 Å². The summed E-state index contributed by atoms with van der Waals surface area (Å²) in [7, 11) is 3.00.